The molecule has 0 radical (unpaired) electrons. The van der Waals surface area contributed by atoms with E-state index in [4.69, 9.17) is 4.74 Å². The van der Waals surface area contributed by atoms with E-state index in [0.717, 1.165) is 19.8 Å². The minimum Gasteiger partial charge on any atom is -0.380 e. The minimum atomic E-state index is 0. The van der Waals surface area contributed by atoms with E-state index in [1.54, 1.807) is 0 Å². The smallest absolute Gasteiger partial charge is 0.0593 e. The lowest BCUT2D eigenvalue weighted by Gasteiger charge is -2.09. The first kappa shape index (κ1) is 21.5. The van der Waals surface area contributed by atoms with Gasteiger partial charge in [0.1, 0.15) is 0 Å². The molecule has 0 saturated carbocycles. The molecule has 0 saturated heterocycles. The zero-order valence-corrected chi connectivity index (χ0v) is 14.3. The van der Waals surface area contributed by atoms with Crippen LogP contribution in [0.1, 0.15) is 71.1 Å². The van der Waals surface area contributed by atoms with Gasteiger partial charge in [0.25, 0.3) is 0 Å². The first-order valence-corrected chi connectivity index (χ1v) is 8.00. The number of hydrogen-bond donors (Lipinski definition) is 0. The number of hydrogen-bond acceptors (Lipinski definition) is 2. The fourth-order valence-corrected chi connectivity index (χ4v) is 2.04. The molecule has 0 spiro atoms. The molecule has 0 fully saturated rings. The molecule has 0 unspecified atom stereocenters. The SMILES string of the molecule is CCCCCCCCCCCCOCCN(C)C.Cl. The van der Waals surface area contributed by atoms with Crippen LogP contribution < -0.4 is 0 Å². The van der Waals surface area contributed by atoms with Crippen LogP contribution in [0.2, 0.25) is 0 Å². The highest BCUT2D eigenvalue weighted by Crippen LogP contribution is 2.10. The summed E-state index contributed by atoms with van der Waals surface area (Å²) in [6.07, 6.45) is 13.9. The Hall–Kier alpha value is 0.210. The average Bonchev–Trinajstić information content (AvgIpc) is 2.34. The van der Waals surface area contributed by atoms with Gasteiger partial charge in [-0.1, -0.05) is 64.7 Å². The molecule has 0 aliphatic heterocycles. The van der Waals surface area contributed by atoms with E-state index in [1.165, 1.54) is 64.2 Å². The van der Waals surface area contributed by atoms with Gasteiger partial charge in [-0.2, -0.15) is 0 Å². The molecule has 0 atom stereocenters. The maximum absolute atomic E-state index is 5.57. The molecule has 3 heteroatoms. The molecular weight excluding hydrogens is 258 g/mol. The van der Waals surface area contributed by atoms with Crippen molar-refractivity contribution in [2.75, 3.05) is 33.9 Å². The second kappa shape index (κ2) is 18.2. The molecule has 0 heterocycles. The van der Waals surface area contributed by atoms with Crippen molar-refractivity contribution in [1.82, 2.24) is 4.90 Å². The summed E-state index contributed by atoms with van der Waals surface area (Å²) in [4.78, 5) is 2.17. The summed E-state index contributed by atoms with van der Waals surface area (Å²) >= 11 is 0. The first-order chi connectivity index (χ1) is 8.77. The second-order valence-corrected chi connectivity index (χ2v) is 5.60. The van der Waals surface area contributed by atoms with Crippen molar-refractivity contribution in [1.29, 1.82) is 0 Å². The fraction of sp³-hybridized carbons (Fsp3) is 1.00. The van der Waals surface area contributed by atoms with Crippen LogP contribution in [-0.4, -0.2) is 38.8 Å². The third-order valence-corrected chi connectivity index (χ3v) is 3.33. The molecule has 0 aliphatic carbocycles. The maximum Gasteiger partial charge on any atom is 0.0593 e. The summed E-state index contributed by atoms with van der Waals surface area (Å²) in [6, 6.07) is 0. The number of likely N-dealkylation sites (N-methyl/N-ethyl adjacent to an activating group) is 1. The molecular formula is C16H36ClNO. The van der Waals surface area contributed by atoms with E-state index < -0.39 is 0 Å². The Morgan fingerprint density at radius 1 is 0.684 bits per heavy atom. The van der Waals surface area contributed by atoms with Crippen LogP contribution >= 0.6 is 12.4 Å². The summed E-state index contributed by atoms with van der Waals surface area (Å²) in [5.41, 5.74) is 0. The standard InChI is InChI=1S/C16H35NO.ClH/c1-4-5-6-7-8-9-10-11-12-13-15-18-16-14-17(2)3;/h4-16H2,1-3H3;1H. The summed E-state index contributed by atoms with van der Waals surface area (Å²) < 4.78 is 5.57. The summed E-state index contributed by atoms with van der Waals surface area (Å²) in [6.45, 7) is 5.15. The Morgan fingerprint density at radius 2 is 1.16 bits per heavy atom. The number of rotatable bonds is 14. The van der Waals surface area contributed by atoms with Crippen molar-refractivity contribution in [3.63, 3.8) is 0 Å². The third-order valence-electron chi connectivity index (χ3n) is 3.33. The van der Waals surface area contributed by atoms with E-state index >= 15 is 0 Å². The van der Waals surface area contributed by atoms with Gasteiger partial charge in [-0.25, -0.2) is 0 Å². The van der Waals surface area contributed by atoms with Gasteiger partial charge in [0.05, 0.1) is 6.61 Å². The molecule has 0 N–H and O–H groups in total. The van der Waals surface area contributed by atoms with Crippen molar-refractivity contribution in [2.45, 2.75) is 71.1 Å². The van der Waals surface area contributed by atoms with Crippen molar-refractivity contribution in [3.05, 3.63) is 0 Å². The Bertz CT molecular complexity index is 154. The predicted molar refractivity (Wildman–Crippen MR) is 88.5 cm³/mol. The van der Waals surface area contributed by atoms with E-state index in [1.807, 2.05) is 0 Å². The minimum absolute atomic E-state index is 0. The van der Waals surface area contributed by atoms with Crippen LogP contribution in [-0.2, 0) is 4.74 Å². The lowest BCUT2D eigenvalue weighted by Crippen LogP contribution is -2.18. The van der Waals surface area contributed by atoms with Gasteiger partial charge in [0, 0.05) is 13.2 Å². The van der Waals surface area contributed by atoms with Crippen LogP contribution in [0.15, 0.2) is 0 Å². The van der Waals surface area contributed by atoms with Crippen molar-refractivity contribution < 1.29 is 4.74 Å². The van der Waals surface area contributed by atoms with Gasteiger partial charge >= 0.3 is 0 Å². The van der Waals surface area contributed by atoms with Crippen LogP contribution in [0.25, 0.3) is 0 Å². The molecule has 118 valence electrons. The summed E-state index contributed by atoms with van der Waals surface area (Å²) in [7, 11) is 4.17. The predicted octanol–water partition coefficient (Wildman–Crippen LogP) is 4.91. The van der Waals surface area contributed by atoms with Crippen LogP contribution in [0.3, 0.4) is 0 Å². The highest BCUT2D eigenvalue weighted by molar-refractivity contribution is 5.85. The first-order valence-electron chi connectivity index (χ1n) is 8.00. The van der Waals surface area contributed by atoms with E-state index in [2.05, 4.69) is 25.9 Å². The number of unbranched alkanes of at least 4 members (excludes halogenated alkanes) is 9. The molecule has 0 rings (SSSR count). The highest BCUT2D eigenvalue weighted by atomic mass is 35.5. The molecule has 2 nitrogen and oxygen atoms in total. The lowest BCUT2D eigenvalue weighted by molar-refractivity contribution is 0.114. The largest absolute Gasteiger partial charge is 0.380 e. The van der Waals surface area contributed by atoms with Crippen molar-refractivity contribution >= 4 is 12.4 Å². The monoisotopic (exact) mass is 293 g/mol. The zero-order valence-electron chi connectivity index (χ0n) is 13.5. The second-order valence-electron chi connectivity index (χ2n) is 5.60. The molecule has 19 heavy (non-hydrogen) atoms. The fourth-order valence-electron chi connectivity index (χ4n) is 2.04. The van der Waals surface area contributed by atoms with Crippen molar-refractivity contribution in [3.8, 4) is 0 Å². The van der Waals surface area contributed by atoms with Gasteiger partial charge < -0.3 is 9.64 Å². The average molecular weight is 294 g/mol. The Balaban J connectivity index is 0. The Kier molecular flexibility index (Phi) is 20.6. The molecule has 0 aliphatic rings. The normalized spacial score (nSPS) is 10.7. The van der Waals surface area contributed by atoms with Crippen LogP contribution in [0.5, 0.6) is 0 Å². The van der Waals surface area contributed by atoms with Gasteiger partial charge in [0.15, 0.2) is 0 Å². The lowest BCUT2D eigenvalue weighted by atomic mass is 10.1. The molecule has 0 amide bonds. The third kappa shape index (κ3) is 20.7. The van der Waals surface area contributed by atoms with Gasteiger partial charge in [-0.3, -0.25) is 0 Å². The van der Waals surface area contributed by atoms with Gasteiger partial charge in [0.2, 0.25) is 0 Å². The van der Waals surface area contributed by atoms with Gasteiger partial charge in [-0.15, -0.1) is 12.4 Å². The molecule has 0 aromatic heterocycles. The number of ether oxygens (including phenoxy) is 1. The Morgan fingerprint density at radius 3 is 1.63 bits per heavy atom. The summed E-state index contributed by atoms with van der Waals surface area (Å²) in [5, 5.41) is 0. The number of nitrogens with zero attached hydrogens (tertiary/aromatic N) is 1. The molecule has 0 aromatic rings. The number of halogens is 1. The quantitative estimate of drug-likeness (QED) is 0.422. The Labute approximate surface area is 127 Å². The van der Waals surface area contributed by atoms with Crippen LogP contribution in [0.4, 0.5) is 0 Å². The molecule has 0 bridgehead atoms. The molecule has 0 aromatic carbocycles. The van der Waals surface area contributed by atoms with E-state index in [9.17, 15) is 0 Å². The van der Waals surface area contributed by atoms with Crippen molar-refractivity contribution in [2.24, 2.45) is 0 Å². The van der Waals surface area contributed by atoms with Gasteiger partial charge in [-0.05, 0) is 20.5 Å². The van der Waals surface area contributed by atoms with Crippen LogP contribution in [0, 0.1) is 0 Å². The zero-order chi connectivity index (χ0) is 13.5. The van der Waals surface area contributed by atoms with E-state index in [-0.39, 0.29) is 12.4 Å². The topological polar surface area (TPSA) is 12.5 Å². The van der Waals surface area contributed by atoms with E-state index in [0.29, 0.717) is 0 Å². The summed E-state index contributed by atoms with van der Waals surface area (Å²) in [5.74, 6) is 0. The highest BCUT2D eigenvalue weighted by Gasteiger charge is 1.94. The maximum atomic E-state index is 5.57.